The van der Waals surface area contributed by atoms with Crippen molar-refractivity contribution in [1.29, 1.82) is 0 Å². The Kier molecular flexibility index (Phi) is 2.48. The molecule has 1 amide bonds. The molecule has 5 heteroatoms. The van der Waals surface area contributed by atoms with Crippen molar-refractivity contribution in [2.45, 2.75) is 6.54 Å². The molecule has 0 aliphatic rings. The van der Waals surface area contributed by atoms with Crippen molar-refractivity contribution in [3.8, 4) is 0 Å². The minimum absolute atomic E-state index is 0.298. The van der Waals surface area contributed by atoms with Gasteiger partial charge in [0.25, 0.3) is 0 Å². The third-order valence-electron chi connectivity index (χ3n) is 1.08. The highest BCUT2D eigenvalue weighted by Gasteiger charge is 2.00. The van der Waals surface area contributed by atoms with E-state index >= 15 is 0 Å². The molecule has 0 saturated heterocycles. The molecule has 60 valence electrons. The van der Waals surface area contributed by atoms with Crippen LogP contribution >= 0.6 is 0 Å². The van der Waals surface area contributed by atoms with Crippen molar-refractivity contribution >= 4 is 6.09 Å². The van der Waals surface area contributed by atoms with Gasteiger partial charge in [-0.05, 0) is 0 Å². The van der Waals surface area contributed by atoms with Crippen LogP contribution in [0.3, 0.4) is 0 Å². The molecule has 1 N–H and O–H groups in total. The van der Waals surface area contributed by atoms with Crippen LogP contribution in [0.15, 0.2) is 16.8 Å². The van der Waals surface area contributed by atoms with E-state index in [0.717, 1.165) is 0 Å². The summed E-state index contributed by atoms with van der Waals surface area (Å²) in [5.41, 5.74) is 0. The highest BCUT2D eigenvalue weighted by atomic mass is 16.5. The van der Waals surface area contributed by atoms with Crippen molar-refractivity contribution < 1.29 is 14.1 Å². The number of methoxy groups -OCH3 is 1. The van der Waals surface area contributed by atoms with Crippen molar-refractivity contribution in [3.63, 3.8) is 0 Å². The lowest BCUT2D eigenvalue weighted by Gasteiger charge is -1.98. The second kappa shape index (κ2) is 3.60. The summed E-state index contributed by atoms with van der Waals surface area (Å²) in [6, 6.07) is 1.66. The minimum atomic E-state index is -0.485. The molecule has 0 saturated carbocycles. The molecule has 0 radical (unpaired) electrons. The summed E-state index contributed by atoms with van der Waals surface area (Å²) < 4.78 is 9.04. The molecule has 0 atom stereocenters. The first kappa shape index (κ1) is 7.59. The van der Waals surface area contributed by atoms with Gasteiger partial charge in [-0.3, -0.25) is 0 Å². The van der Waals surface area contributed by atoms with E-state index in [-0.39, 0.29) is 0 Å². The zero-order chi connectivity index (χ0) is 8.10. The van der Waals surface area contributed by atoms with Gasteiger partial charge in [0.1, 0.15) is 0 Å². The van der Waals surface area contributed by atoms with Crippen LogP contribution in [0.2, 0.25) is 0 Å². The fourth-order valence-electron chi connectivity index (χ4n) is 0.565. The second-order valence-corrected chi connectivity index (χ2v) is 1.82. The quantitative estimate of drug-likeness (QED) is 0.678. The Hall–Kier alpha value is -1.52. The maximum absolute atomic E-state index is 10.5. The van der Waals surface area contributed by atoms with Crippen LogP contribution in [0.5, 0.6) is 0 Å². The first-order valence-corrected chi connectivity index (χ1v) is 3.04. The van der Waals surface area contributed by atoms with Gasteiger partial charge in [-0.15, -0.1) is 0 Å². The minimum Gasteiger partial charge on any atom is -0.453 e. The number of carbonyl (C=O) groups excluding carboxylic acids is 1. The largest absolute Gasteiger partial charge is 0.453 e. The van der Waals surface area contributed by atoms with E-state index < -0.39 is 6.09 Å². The highest BCUT2D eigenvalue weighted by molar-refractivity contribution is 5.66. The topological polar surface area (TPSA) is 64.4 Å². The number of nitrogens with zero attached hydrogens (tertiary/aromatic N) is 1. The molecule has 0 bridgehead atoms. The number of ether oxygens (including phenoxy) is 1. The zero-order valence-electron chi connectivity index (χ0n) is 6.03. The standard InChI is InChI=1S/C6H8N2O3/c1-10-6(9)7-4-5-2-3-8-11-5/h2-3H,4H2,1H3,(H,7,9). The number of alkyl carbamates (subject to hydrolysis) is 1. The number of hydrogen-bond donors (Lipinski definition) is 1. The van der Waals surface area contributed by atoms with Crippen molar-refractivity contribution in [2.24, 2.45) is 0 Å². The van der Waals surface area contributed by atoms with Crippen LogP contribution in [0.4, 0.5) is 4.79 Å². The maximum Gasteiger partial charge on any atom is 0.407 e. The van der Waals surface area contributed by atoms with Gasteiger partial charge < -0.3 is 14.6 Å². The van der Waals surface area contributed by atoms with Crippen LogP contribution in [-0.2, 0) is 11.3 Å². The summed E-state index contributed by atoms with van der Waals surface area (Å²) in [5.74, 6) is 0.593. The van der Waals surface area contributed by atoms with Gasteiger partial charge in [-0.25, -0.2) is 4.79 Å². The molecular weight excluding hydrogens is 148 g/mol. The molecule has 1 heterocycles. The number of rotatable bonds is 2. The summed E-state index contributed by atoms with van der Waals surface area (Å²) in [6.07, 6.45) is 1.02. The summed E-state index contributed by atoms with van der Waals surface area (Å²) in [6.45, 7) is 0.298. The van der Waals surface area contributed by atoms with E-state index in [1.807, 2.05) is 0 Å². The van der Waals surface area contributed by atoms with Crippen molar-refractivity contribution in [2.75, 3.05) is 7.11 Å². The van der Waals surface area contributed by atoms with Crippen LogP contribution in [-0.4, -0.2) is 18.4 Å². The van der Waals surface area contributed by atoms with Crippen LogP contribution < -0.4 is 5.32 Å². The van der Waals surface area contributed by atoms with Crippen LogP contribution in [0.25, 0.3) is 0 Å². The van der Waals surface area contributed by atoms with E-state index in [9.17, 15) is 4.79 Å². The SMILES string of the molecule is COC(=O)NCc1ccno1. The number of aromatic nitrogens is 1. The molecule has 0 aliphatic heterocycles. The average Bonchev–Trinajstić information content (AvgIpc) is 2.52. The Balaban J connectivity index is 2.29. The Morgan fingerprint density at radius 3 is 3.27 bits per heavy atom. The van der Waals surface area contributed by atoms with E-state index in [0.29, 0.717) is 12.3 Å². The zero-order valence-corrected chi connectivity index (χ0v) is 6.03. The Morgan fingerprint density at radius 1 is 1.91 bits per heavy atom. The van der Waals surface area contributed by atoms with Gasteiger partial charge in [0.15, 0.2) is 5.76 Å². The van der Waals surface area contributed by atoms with Crippen molar-refractivity contribution in [3.05, 3.63) is 18.0 Å². The first-order valence-electron chi connectivity index (χ1n) is 3.04. The van der Waals surface area contributed by atoms with Crippen LogP contribution in [0.1, 0.15) is 5.76 Å². The molecule has 0 aliphatic carbocycles. The Bertz CT molecular complexity index is 220. The highest BCUT2D eigenvalue weighted by Crippen LogP contribution is 1.94. The molecule has 1 rings (SSSR count). The smallest absolute Gasteiger partial charge is 0.407 e. The number of hydrogen-bond acceptors (Lipinski definition) is 4. The molecule has 0 unspecified atom stereocenters. The van der Waals surface area contributed by atoms with E-state index in [1.54, 1.807) is 6.07 Å². The Labute approximate surface area is 63.3 Å². The lowest BCUT2D eigenvalue weighted by molar-refractivity contribution is 0.169. The second-order valence-electron chi connectivity index (χ2n) is 1.82. The summed E-state index contributed by atoms with van der Waals surface area (Å²) in [4.78, 5) is 10.5. The fraction of sp³-hybridized carbons (Fsp3) is 0.333. The van der Waals surface area contributed by atoms with Gasteiger partial charge in [-0.2, -0.15) is 0 Å². The van der Waals surface area contributed by atoms with E-state index in [1.165, 1.54) is 13.3 Å². The number of nitrogens with one attached hydrogen (secondary N) is 1. The number of amides is 1. The maximum atomic E-state index is 10.5. The summed E-state index contributed by atoms with van der Waals surface area (Å²) in [7, 11) is 1.30. The van der Waals surface area contributed by atoms with E-state index in [4.69, 9.17) is 4.52 Å². The lowest BCUT2D eigenvalue weighted by atomic mass is 10.5. The molecular formula is C6H8N2O3. The monoisotopic (exact) mass is 156 g/mol. The van der Waals surface area contributed by atoms with Gasteiger partial charge in [0.05, 0.1) is 19.9 Å². The van der Waals surface area contributed by atoms with Crippen LogP contribution in [0, 0.1) is 0 Å². The third-order valence-corrected chi connectivity index (χ3v) is 1.08. The predicted octanol–water partition coefficient (Wildman–Crippen LogP) is 0.531. The predicted molar refractivity (Wildman–Crippen MR) is 35.7 cm³/mol. The molecule has 5 nitrogen and oxygen atoms in total. The van der Waals surface area contributed by atoms with Gasteiger partial charge in [0, 0.05) is 6.07 Å². The molecule has 0 aromatic carbocycles. The first-order chi connectivity index (χ1) is 5.33. The Morgan fingerprint density at radius 2 is 2.73 bits per heavy atom. The molecule has 0 fully saturated rings. The molecule has 11 heavy (non-hydrogen) atoms. The third kappa shape index (κ3) is 2.29. The van der Waals surface area contributed by atoms with Gasteiger partial charge in [0.2, 0.25) is 0 Å². The molecule has 0 spiro atoms. The van der Waals surface area contributed by atoms with Crippen molar-refractivity contribution in [1.82, 2.24) is 10.5 Å². The summed E-state index contributed by atoms with van der Waals surface area (Å²) >= 11 is 0. The molecule has 1 aromatic heterocycles. The summed E-state index contributed by atoms with van der Waals surface area (Å²) in [5, 5.41) is 5.90. The fourth-order valence-corrected chi connectivity index (χ4v) is 0.565. The normalized spacial score (nSPS) is 9.18. The average molecular weight is 156 g/mol. The van der Waals surface area contributed by atoms with Gasteiger partial charge >= 0.3 is 6.09 Å². The molecule has 1 aromatic rings. The lowest BCUT2D eigenvalue weighted by Crippen LogP contribution is -2.21. The number of carbonyl (C=O) groups is 1. The van der Waals surface area contributed by atoms with E-state index in [2.05, 4.69) is 15.2 Å². The van der Waals surface area contributed by atoms with Gasteiger partial charge in [-0.1, -0.05) is 5.16 Å².